The second-order valence-electron chi connectivity index (χ2n) is 8.56. The molecule has 1 unspecified atom stereocenters. The highest BCUT2D eigenvalue weighted by Gasteiger charge is 2.32. The van der Waals surface area contributed by atoms with Gasteiger partial charge < -0.3 is 9.80 Å². The van der Waals surface area contributed by atoms with Gasteiger partial charge in [-0.15, -0.1) is 0 Å². The maximum Gasteiger partial charge on any atom is 0.274 e. The van der Waals surface area contributed by atoms with Gasteiger partial charge in [-0.1, -0.05) is 30.3 Å². The molecule has 1 aromatic carbocycles. The third-order valence-electron chi connectivity index (χ3n) is 6.69. The number of benzene rings is 1. The van der Waals surface area contributed by atoms with Crippen LogP contribution in [-0.2, 0) is 25.8 Å². The molecule has 1 fully saturated rings. The first-order valence-corrected chi connectivity index (χ1v) is 11.3. The molecular formula is C24H34N4O. The van der Waals surface area contributed by atoms with Crippen molar-refractivity contribution in [3.8, 4) is 0 Å². The fourth-order valence-corrected chi connectivity index (χ4v) is 4.86. The van der Waals surface area contributed by atoms with Crippen molar-refractivity contribution in [1.82, 2.24) is 19.6 Å². The molecule has 0 saturated carbocycles. The van der Waals surface area contributed by atoms with Crippen LogP contribution in [0.3, 0.4) is 0 Å². The summed E-state index contributed by atoms with van der Waals surface area (Å²) in [5, 5.41) is 4.78. The van der Waals surface area contributed by atoms with Crippen LogP contribution >= 0.6 is 0 Å². The summed E-state index contributed by atoms with van der Waals surface area (Å²) in [6.07, 6.45) is 7.63. The lowest BCUT2D eigenvalue weighted by Crippen LogP contribution is -2.39. The van der Waals surface area contributed by atoms with Crippen LogP contribution < -0.4 is 0 Å². The van der Waals surface area contributed by atoms with Crippen LogP contribution in [0, 0.1) is 0 Å². The zero-order valence-electron chi connectivity index (χ0n) is 17.9. The Balaban J connectivity index is 1.48. The highest BCUT2D eigenvalue weighted by atomic mass is 16.2. The van der Waals surface area contributed by atoms with Crippen molar-refractivity contribution in [2.45, 2.75) is 64.5 Å². The van der Waals surface area contributed by atoms with Crippen LogP contribution in [0.5, 0.6) is 0 Å². The van der Waals surface area contributed by atoms with E-state index in [0.717, 1.165) is 70.4 Å². The molecule has 1 amide bonds. The van der Waals surface area contributed by atoms with Crippen LogP contribution in [-0.4, -0.2) is 58.2 Å². The zero-order chi connectivity index (χ0) is 20.2. The smallest absolute Gasteiger partial charge is 0.274 e. The average molecular weight is 395 g/mol. The summed E-state index contributed by atoms with van der Waals surface area (Å²) in [6, 6.07) is 11.2. The number of hydrogen-bond donors (Lipinski definition) is 0. The molecule has 5 nitrogen and oxygen atoms in total. The molecule has 2 aromatic rings. The number of hydrogen-bond acceptors (Lipinski definition) is 3. The van der Waals surface area contributed by atoms with Gasteiger partial charge in [-0.05, 0) is 64.5 Å². The number of nitrogens with zero attached hydrogens (tertiary/aromatic N) is 4. The van der Waals surface area contributed by atoms with Gasteiger partial charge in [0.2, 0.25) is 0 Å². The summed E-state index contributed by atoms with van der Waals surface area (Å²) in [5.74, 6) is 0.153. The highest BCUT2D eigenvalue weighted by Crippen LogP contribution is 2.28. The van der Waals surface area contributed by atoms with E-state index in [1.54, 1.807) is 0 Å². The molecule has 1 aliphatic carbocycles. The van der Waals surface area contributed by atoms with E-state index in [9.17, 15) is 4.79 Å². The predicted octanol–water partition coefficient (Wildman–Crippen LogP) is 3.56. The minimum Gasteiger partial charge on any atom is -0.337 e. The maximum atomic E-state index is 13.2. The molecule has 5 heteroatoms. The van der Waals surface area contributed by atoms with Crippen molar-refractivity contribution in [1.29, 1.82) is 0 Å². The van der Waals surface area contributed by atoms with Crippen molar-refractivity contribution in [2.75, 3.05) is 26.7 Å². The number of aromatic nitrogens is 2. The van der Waals surface area contributed by atoms with E-state index in [1.807, 2.05) is 4.90 Å². The summed E-state index contributed by atoms with van der Waals surface area (Å²) >= 11 is 0. The lowest BCUT2D eigenvalue weighted by atomic mass is 9.90. The number of likely N-dealkylation sites (tertiary alicyclic amines) is 1. The van der Waals surface area contributed by atoms with E-state index in [1.165, 1.54) is 23.2 Å². The predicted molar refractivity (Wildman–Crippen MR) is 116 cm³/mol. The standard InChI is InChI=1S/C24H34N4O/c1-3-28-22-13-12-20(26(2)17-14-19-10-6-4-7-11-19)18-21(22)23(25-28)24(29)27-15-8-5-9-16-27/h4,6-7,10-11,20H,3,5,8-9,12-18H2,1-2H3. The Morgan fingerprint density at radius 1 is 1.17 bits per heavy atom. The average Bonchev–Trinajstić information content (AvgIpc) is 3.16. The molecule has 1 aromatic heterocycles. The number of aryl methyl sites for hydroxylation is 1. The normalized spacial score (nSPS) is 19.4. The second kappa shape index (κ2) is 9.12. The van der Waals surface area contributed by atoms with Gasteiger partial charge in [0, 0.05) is 43.5 Å². The van der Waals surface area contributed by atoms with Crippen molar-refractivity contribution in [3.63, 3.8) is 0 Å². The Kier molecular flexibility index (Phi) is 6.34. The SMILES string of the molecule is CCn1nc(C(=O)N2CCCCC2)c2c1CCC(N(C)CCc1ccccc1)C2. The molecule has 1 atom stereocenters. The summed E-state index contributed by atoms with van der Waals surface area (Å²) in [6.45, 7) is 5.77. The summed E-state index contributed by atoms with van der Waals surface area (Å²) < 4.78 is 2.08. The number of piperidine rings is 1. The summed E-state index contributed by atoms with van der Waals surface area (Å²) in [7, 11) is 2.23. The molecule has 0 spiro atoms. The van der Waals surface area contributed by atoms with Crippen LogP contribution in [0.4, 0.5) is 0 Å². The van der Waals surface area contributed by atoms with Gasteiger partial charge in [-0.2, -0.15) is 5.10 Å². The second-order valence-corrected chi connectivity index (χ2v) is 8.56. The van der Waals surface area contributed by atoms with Gasteiger partial charge in [0.05, 0.1) is 0 Å². The van der Waals surface area contributed by atoms with Crippen molar-refractivity contribution < 1.29 is 4.79 Å². The van der Waals surface area contributed by atoms with E-state index in [-0.39, 0.29) is 5.91 Å². The maximum absolute atomic E-state index is 13.2. The lowest BCUT2D eigenvalue weighted by Gasteiger charge is -2.32. The number of amides is 1. The molecule has 156 valence electrons. The Bertz CT molecular complexity index is 823. The fraction of sp³-hybridized carbons (Fsp3) is 0.583. The minimum absolute atomic E-state index is 0.153. The summed E-state index contributed by atoms with van der Waals surface area (Å²) in [5.41, 5.74) is 4.62. The largest absolute Gasteiger partial charge is 0.337 e. The summed E-state index contributed by atoms with van der Waals surface area (Å²) in [4.78, 5) is 17.7. The van der Waals surface area contributed by atoms with Crippen molar-refractivity contribution in [2.24, 2.45) is 0 Å². The number of carbonyl (C=O) groups excluding carboxylic acids is 1. The van der Waals surface area contributed by atoms with Crippen molar-refractivity contribution >= 4 is 5.91 Å². The number of carbonyl (C=O) groups is 1. The van der Waals surface area contributed by atoms with Gasteiger partial charge in [-0.25, -0.2) is 0 Å². The van der Waals surface area contributed by atoms with Crippen molar-refractivity contribution in [3.05, 3.63) is 52.8 Å². The molecule has 2 heterocycles. The lowest BCUT2D eigenvalue weighted by molar-refractivity contribution is 0.0715. The van der Waals surface area contributed by atoms with Crippen LogP contribution in [0.15, 0.2) is 30.3 Å². The fourth-order valence-electron chi connectivity index (χ4n) is 4.86. The molecule has 2 aliphatic rings. The van der Waals surface area contributed by atoms with E-state index < -0.39 is 0 Å². The van der Waals surface area contributed by atoms with Gasteiger partial charge in [0.1, 0.15) is 0 Å². The molecule has 1 aliphatic heterocycles. The van der Waals surface area contributed by atoms with Crippen LogP contribution in [0.2, 0.25) is 0 Å². The van der Waals surface area contributed by atoms with Gasteiger partial charge in [0.25, 0.3) is 5.91 Å². The Labute approximate surface area is 174 Å². The van der Waals surface area contributed by atoms with Gasteiger partial charge in [0.15, 0.2) is 5.69 Å². The molecular weight excluding hydrogens is 360 g/mol. The van der Waals surface area contributed by atoms with E-state index in [4.69, 9.17) is 5.10 Å². The van der Waals surface area contributed by atoms with Gasteiger partial charge >= 0.3 is 0 Å². The topological polar surface area (TPSA) is 41.4 Å². The Hall–Kier alpha value is -2.14. The molecule has 4 rings (SSSR count). The number of rotatable bonds is 6. The van der Waals surface area contributed by atoms with E-state index in [0.29, 0.717) is 6.04 Å². The molecule has 0 bridgehead atoms. The third-order valence-corrected chi connectivity index (χ3v) is 6.69. The third kappa shape index (κ3) is 4.40. The quantitative estimate of drug-likeness (QED) is 0.752. The van der Waals surface area contributed by atoms with E-state index in [2.05, 4.69) is 53.9 Å². The number of fused-ring (bicyclic) bond motifs is 1. The molecule has 0 radical (unpaired) electrons. The monoisotopic (exact) mass is 394 g/mol. The Morgan fingerprint density at radius 2 is 1.93 bits per heavy atom. The minimum atomic E-state index is 0.153. The molecule has 0 N–H and O–H groups in total. The first-order valence-electron chi connectivity index (χ1n) is 11.3. The van der Waals surface area contributed by atoms with E-state index >= 15 is 0 Å². The number of likely N-dealkylation sites (N-methyl/N-ethyl adjacent to an activating group) is 1. The van der Waals surface area contributed by atoms with Crippen LogP contribution in [0.25, 0.3) is 0 Å². The Morgan fingerprint density at radius 3 is 2.66 bits per heavy atom. The highest BCUT2D eigenvalue weighted by molar-refractivity contribution is 5.94. The molecule has 1 saturated heterocycles. The van der Waals surface area contributed by atoms with Gasteiger partial charge in [-0.3, -0.25) is 9.48 Å². The van der Waals surface area contributed by atoms with Crippen LogP contribution in [0.1, 0.15) is 59.9 Å². The molecule has 29 heavy (non-hydrogen) atoms. The first kappa shape index (κ1) is 20.1. The zero-order valence-corrected chi connectivity index (χ0v) is 17.9. The first-order chi connectivity index (χ1) is 14.2.